The Morgan fingerprint density at radius 3 is 2.57 bits per heavy atom. The third-order valence-electron chi connectivity index (χ3n) is 4.89. The molecule has 1 amide bonds. The van der Waals surface area contributed by atoms with Crippen molar-refractivity contribution in [2.75, 3.05) is 0 Å². The minimum absolute atomic E-state index is 0.157. The van der Waals surface area contributed by atoms with Crippen molar-refractivity contribution in [1.82, 2.24) is 9.71 Å². The van der Waals surface area contributed by atoms with Crippen LogP contribution in [0.1, 0.15) is 47.4 Å². The number of carbonyl (C=O) groups is 1. The highest BCUT2D eigenvalue weighted by molar-refractivity contribution is 7.90. The monoisotopic (exact) mass is 308 g/mol. The molecule has 2 bridgehead atoms. The first-order chi connectivity index (χ1) is 9.87. The van der Waals surface area contributed by atoms with E-state index in [2.05, 4.69) is 9.71 Å². The molecular weight excluding hydrogens is 288 g/mol. The van der Waals surface area contributed by atoms with Crippen LogP contribution >= 0.6 is 0 Å². The fourth-order valence-electron chi connectivity index (χ4n) is 3.58. The lowest BCUT2D eigenvalue weighted by Crippen LogP contribution is -2.41. The van der Waals surface area contributed by atoms with Gasteiger partial charge in [-0.15, -0.1) is 0 Å². The molecule has 3 atom stereocenters. The Balaban J connectivity index is 1.76. The van der Waals surface area contributed by atoms with Crippen molar-refractivity contribution in [2.45, 2.75) is 44.8 Å². The zero-order valence-corrected chi connectivity index (χ0v) is 13.1. The summed E-state index contributed by atoms with van der Waals surface area (Å²) < 4.78 is 27.0. The van der Waals surface area contributed by atoms with Crippen molar-refractivity contribution in [1.29, 1.82) is 0 Å². The summed E-state index contributed by atoms with van der Waals surface area (Å²) in [6.45, 7) is 3.70. The summed E-state index contributed by atoms with van der Waals surface area (Å²) in [5, 5.41) is -0.410. The molecule has 2 aliphatic rings. The minimum Gasteiger partial charge on any atom is -0.266 e. The van der Waals surface area contributed by atoms with Gasteiger partial charge in [0.15, 0.2) is 0 Å². The smallest absolute Gasteiger partial charge is 0.266 e. The van der Waals surface area contributed by atoms with E-state index in [1.807, 2.05) is 6.92 Å². The van der Waals surface area contributed by atoms with E-state index in [-0.39, 0.29) is 11.6 Å². The average Bonchev–Trinajstić information content (AvgIpc) is 3.04. The number of pyridine rings is 1. The second kappa shape index (κ2) is 5.09. The predicted molar refractivity (Wildman–Crippen MR) is 79.3 cm³/mol. The molecule has 1 unspecified atom stereocenters. The Hall–Kier alpha value is -1.43. The molecule has 2 aliphatic carbocycles. The standard InChI is InChI=1S/C15H20N2O3S/c1-9-3-6-13(16-10(9)2)15(18)17-21(19,20)14-8-11-4-5-12(14)7-11/h3,6,11-12,14H,4-5,7-8H2,1-2H3,(H,17,18)/t11-,12+,14?/m1/s1. The number of sulfonamides is 1. The normalized spacial score (nSPS) is 27.8. The number of aryl methyl sites for hydroxylation is 2. The van der Waals surface area contributed by atoms with Crippen LogP contribution < -0.4 is 4.72 Å². The molecule has 0 saturated heterocycles. The first-order valence-corrected chi connectivity index (χ1v) is 8.91. The maximum absolute atomic E-state index is 12.4. The molecule has 0 aliphatic heterocycles. The van der Waals surface area contributed by atoms with Crippen LogP contribution in [0, 0.1) is 25.7 Å². The molecule has 0 aromatic carbocycles. The second-order valence-electron chi connectivity index (χ2n) is 6.29. The maximum Gasteiger partial charge on any atom is 0.283 e. The highest BCUT2D eigenvalue weighted by Crippen LogP contribution is 2.47. The number of rotatable bonds is 3. The van der Waals surface area contributed by atoms with Crippen molar-refractivity contribution in [2.24, 2.45) is 11.8 Å². The third kappa shape index (κ3) is 2.69. The SMILES string of the molecule is Cc1ccc(C(=O)NS(=O)(=O)C2C[C@@H]3CC[C@H]2C3)nc1C. The number of nitrogens with one attached hydrogen (secondary N) is 1. The van der Waals surface area contributed by atoms with Gasteiger partial charge in [0.2, 0.25) is 10.0 Å². The quantitative estimate of drug-likeness (QED) is 0.926. The Labute approximate surface area is 125 Å². The van der Waals surface area contributed by atoms with E-state index < -0.39 is 21.2 Å². The highest BCUT2D eigenvalue weighted by Gasteiger charge is 2.46. The van der Waals surface area contributed by atoms with Crippen molar-refractivity contribution in [3.63, 3.8) is 0 Å². The molecule has 0 radical (unpaired) electrons. The van der Waals surface area contributed by atoms with Gasteiger partial charge >= 0.3 is 0 Å². The Morgan fingerprint density at radius 1 is 1.24 bits per heavy atom. The van der Waals surface area contributed by atoms with E-state index in [1.165, 1.54) is 0 Å². The molecule has 0 spiro atoms. The van der Waals surface area contributed by atoms with Crippen LogP contribution in [0.3, 0.4) is 0 Å². The minimum atomic E-state index is -3.60. The highest BCUT2D eigenvalue weighted by atomic mass is 32.2. The van der Waals surface area contributed by atoms with Crippen molar-refractivity contribution in [3.8, 4) is 0 Å². The van der Waals surface area contributed by atoms with E-state index in [9.17, 15) is 13.2 Å². The molecule has 2 saturated carbocycles. The summed E-state index contributed by atoms with van der Waals surface area (Å²) in [7, 11) is -3.60. The summed E-state index contributed by atoms with van der Waals surface area (Å²) in [5.74, 6) is 0.111. The van der Waals surface area contributed by atoms with E-state index in [4.69, 9.17) is 0 Å². The topological polar surface area (TPSA) is 76.1 Å². The van der Waals surface area contributed by atoms with Gasteiger partial charge < -0.3 is 0 Å². The molecule has 1 aromatic rings. The lowest BCUT2D eigenvalue weighted by molar-refractivity contribution is 0.0975. The maximum atomic E-state index is 12.4. The fraction of sp³-hybridized carbons (Fsp3) is 0.600. The molecule has 21 heavy (non-hydrogen) atoms. The predicted octanol–water partition coefficient (Wildman–Crippen LogP) is 1.95. The van der Waals surface area contributed by atoms with Crippen LogP contribution in [-0.4, -0.2) is 24.6 Å². The van der Waals surface area contributed by atoms with E-state index in [0.717, 1.165) is 30.5 Å². The van der Waals surface area contributed by atoms with Crippen LogP contribution in [0.15, 0.2) is 12.1 Å². The van der Waals surface area contributed by atoms with E-state index >= 15 is 0 Å². The van der Waals surface area contributed by atoms with Crippen LogP contribution in [0.2, 0.25) is 0 Å². The number of hydrogen-bond acceptors (Lipinski definition) is 4. The van der Waals surface area contributed by atoms with Crippen LogP contribution in [0.5, 0.6) is 0 Å². The molecule has 1 aromatic heterocycles. The average molecular weight is 308 g/mol. The summed E-state index contributed by atoms with van der Waals surface area (Å²) in [5.41, 5.74) is 1.87. The summed E-state index contributed by atoms with van der Waals surface area (Å²) in [4.78, 5) is 16.3. The van der Waals surface area contributed by atoms with Gasteiger partial charge in [0.05, 0.1) is 5.25 Å². The van der Waals surface area contributed by atoms with Crippen LogP contribution in [-0.2, 0) is 10.0 Å². The summed E-state index contributed by atoms with van der Waals surface area (Å²) >= 11 is 0. The van der Waals surface area contributed by atoms with Gasteiger partial charge in [0.25, 0.3) is 5.91 Å². The number of amides is 1. The number of hydrogen-bond donors (Lipinski definition) is 1. The zero-order chi connectivity index (χ0) is 15.2. The molecule has 5 nitrogen and oxygen atoms in total. The van der Waals surface area contributed by atoms with Crippen molar-refractivity contribution in [3.05, 3.63) is 29.1 Å². The van der Waals surface area contributed by atoms with Gasteiger partial charge in [-0.25, -0.2) is 18.1 Å². The fourth-order valence-corrected chi connectivity index (χ4v) is 5.37. The number of carbonyl (C=O) groups excluding carboxylic acids is 1. The zero-order valence-electron chi connectivity index (χ0n) is 12.3. The first kappa shape index (κ1) is 14.5. The van der Waals surface area contributed by atoms with Crippen molar-refractivity contribution < 1.29 is 13.2 Å². The lowest BCUT2D eigenvalue weighted by atomic mass is 10.0. The van der Waals surface area contributed by atoms with Gasteiger partial charge in [-0.3, -0.25) is 4.79 Å². The molecule has 1 heterocycles. The number of aromatic nitrogens is 1. The molecule has 1 N–H and O–H groups in total. The first-order valence-electron chi connectivity index (χ1n) is 7.37. The molecular formula is C15H20N2O3S. The van der Waals surface area contributed by atoms with Gasteiger partial charge in [-0.1, -0.05) is 12.5 Å². The second-order valence-corrected chi connectivity index (χ2v) is 8.19. The Bertz CT molecular complexity index is 684. The van der Waals surface area contributed by atoms with E-state index in [1.54, 1.807) is 19.1 Å². The Kier molecular flexibility index (Phi) is 3.51. The Morgan fingerprint density at radius 2 is 2.00 bits per heavy atom. The van der Waals surface area contributed by atoms with Crippen LogP contribution in [0.25, 0.3) is 0 Å². The largest absolute Gasteiger partial charge is 0.283 e. The third-order valence-corrected chi connectivity index (χ3v) is 6.73. The molecule has 3 rings (SSSR count). The molecule has 2 fully saturated rings. The van der Waals surface area contributed by atoms with E-state index in [0.29, 0.717) is 12.3 Å². The number of nitrogens with zero attached hydrogens (tertiary/aromatic N) is 1. The van der Waals surface area contributed by atoms with Gasteiger partial charge in [0.1, 0.15) is 5.69 Å². The van der Waals surface area contributed by atoms with Crippen LogP contribution in [0.4, 0.5) is 0 Å². The van der Waals surface area contributed by atoms with Gasteiger partial charge in [-0.05, 0) is 56.6 Å². The van der Waals surface area contributed by atoms with Crippen molar-refractivity contribution >= 4 is 15.9 Å². The number of fused-ring (bicyclic) bond motifs is 2. The van der Waals surface area contributed by atoms with Gasteiger partial charge in [-0.2, -0.15) is 0 Å². The lowest BCUT2D eigenvalue weighted by Gasteiger charge is -2.21. The molecule has 6 heteroatoms. The summed E-state index contributed by atoms with van der Waals surface area (Å²) in [6, 6.07) is 3.34. The van der Waals surface area contributed by atoms with Gasteiger partial charge in [0, 0.05) is 5.69 Å². The summed E-state index contributed by atoms with van der Waals surface area (Å²) in [6.07, 6.45) is 3.77. The molecule has 114 valence electrons.